The number of nitrogens with zero attached hydrogens (tertiary/aromatic N) is 2. The Morgan fingerprint density at radius 2 is 2.00 bits per heavy atom. The quantitative estimate of drug-likeness (QED) is 0.708. The van der Waals surface area contributed by atoms with Crippen LogP contribution < -0.4 is 9.64 Å². The zero-order valence-corrected chi connectivity index (χ0v) is 15.5. The number of para-hydroxylation sites is 2. The molecule has 0 N–H and O–H groups in total. The van der Waals surface area contributed by atoms with Crippen molar-refractivity contribution < 1.29 is 9.13 Å². The van der Waals surface area contributed by atoms with Gasteiger partial charge in [-0.25, -0.2) is 4.39 Å². The van der Waals surface area contributed by atoms with E-state index < -0.39 is 0 Å². The third-order valence-corrected chi connectivity index (χ3v) is 5.18. The number of fused-ring (bicyclic) bond motifs is 1. The minimum absolute atomic E-state index is 0.0197. The normalized spacial score (nSPS) is 19.1. The Bertz CT molecular complexity index is 814. The lowest BCUT2D eigenvalue weighted by molar-refractivity contribution is 0.394. The van der Waals surface area contributed by atoms with Crippen molar-refractivity contribution in [1.29, 1.82) is 0 Å². The van der Waals surface area contributed by atoms with Crippen molar-refractivity contribution in [2.75, 3.05) is 19.1 Å². The number of methoxy groups -OCH3 is 1. The van der Waals surface area contributed by atoms with Crippen molar-refractivity contribution in [3.05, 3.63) is 53.3 Å². The average Bonchev–Trinajstić information content (AvgIpc) is 2.58. The summed E-state index contributed by atoms with van der Waals surface area (Å²) in [6, 6.07) is 11.0. The van der Waals surface area contributed by atoms with E-state index >= 15 is 0 Å². The summed E-state index contributed by atoms with van der Waals surface area (Å²) in [7, 11) is 3.64. The highest BCUT2D eigenvalue weighted by molar-refractivity contribution is 5.85. The summed E-state index contributed by atoms with van der Waals surface area (Å²) < 4.78 is 20.0. The molecule has 0 spiro atoms. The summed E-state index contributed by atoms with van der Waals surface area (Å²) in [6.07, 6.45) is 2.62. The van der Waals surface area contributed by atoms with Gasteiger partial charge in [-0.2, -0.15) is 0 Å². The Kier molecular flexibility index (Phi) is 4.55. The van der Waals surface area contributed by atoms with Crippen LogP contribution in [0.4, 0.5) is 15.8 Å². The standard InChI is InChI=1S/C21H25FN2O/c1-14-12-21(2,3)24(4)19-11-17(22)15(10-16(14)19)13-23-18-8-6-7-9-20(18)25-5/h6-11,13-14H,12H2,1-5H3. The monoisotopic (exact) mass is 340 g/mol. The Morgan fingerprint density at radius 1 is 1.28 bits per heavy atom. The van der Waals surface area contributed by atoms with Crippen LogP contribution in [0, 0.1) is 5.82 Å². The highest BCUT2D eigenvalue weighted by Gasteiger charge is 2.34. The Labute approximate surface area is 149 Å². The molecule has 1 atom stereocenters. The maximum atomic E-state index is 14.7. The summed E-state index contributed by atoms with van der Waals surface area (Å²) in [6.45, 7) is 6.59. The number of benzene rings is 2. The minimum Gasteiger partial charge on any atom is -0.494 e. The summed E-state index contributed by atoms with van der Waals surface area (Å²) >= 11 is 0. The van der Waals surface area contributed by atoms with E-state index in [4.69, 9.17) is 4.74 Å². The second-order valence-corrected chi connectivity index (χ2v) is 7.34. The zero-order valence-electron chi connectivity index (χ0n) is 15.5. The molecule has 3 nitrogen and oxygen atoms in total. The molecule has 0 saturated heterocycles. The molecule has 0 bridgehead atoms. The van der Waals surface area contributed by atoms with Gasteiger partial charge in [-0.05, 0) is 56.0 Å². The molecular weight excluding hydrogens is 315 g/mol. The molecule has 1 aliphatic rings. The molecule has 0 fully saturated rings. The predicted octanol–water partition coefficient (Wildman–Crippen LogP) is 5.31. The van der Waals surface area contributed by atoms with Gasteiger partial charge in [0, 0.05) is 30.1 Å². The van der Waals surface area contributed by atoms with E-state index in [-0.39, 0.29) is 11.4 Å². The summed E-state index contributed by atoms with van der Waals surface area (Å²) in [5.74, 6) is 0.793. The van der Waals surface area contributed by atoms with Crippen molar-refractivity contribution >= 4 is 17.6 Å². The molecule has 0 aromatic heterocycles. The van der Waals surface area contributed by atoms with Gasteiger partial charge in [0.2, 0.25) is 0 Å². The highest BCUT2D eigenvalue weighted by Crippen LogP contribution is 2.43. The van der Waals surface area contributed by atoms with Crippen molar-refractivity contribution in [2.24, 2.45) is 4.99 Å². The van der Waals surface area contributed by atoms with Crippen LogP contribution in [0.25, 0.3) is 0 Å². The molecule has 0 amide bonds. The number of hydrogen-bond acceptors (Lipinski definition) is 3. The fourth-order valence-corrected chi connectivity index (χ4v) is 3.58. The van der Waals surface area contributed by atoms with Crippen molar-refractivity contribution in [3.63, 3.8) is 0 Å². The first-order chi connectivity index (χ1) is 11.8. The average molecular weight is 340 g/mol. The molecule has 2 aromatic carbocycles. The van der Waals surface area contributed by atoms with Crippen LogP contribution in [-0.4, -0.2) is 25.9 Å². The number of rotatable bonds is 3. The van der Waals surface area contributed by atoms with Crippen LogP contribution >= 0.6 is 0 Å². The third kappa shape index (κ3) is 3.26. The molecule has 0 aliphatic carbocycles. The molecule has 4 heteroatoms. The van der Waals surface area contributed by atoms with Crippen LogP contribution in [0.3, 0.4) is 0 Å². The predicted molar refractivity (Wildman–Crippen MR) is 102 cm³/mol. The van der Waals surface area contributed by atoms with Crippen LogP contribution in [0.1, 0.15) is 44.2 Å². The molecule has 132 valence electrons. The number of hydrogen-bond donors (Lipinski definition) is 0. The van der Waals surface area contributed by atoms with E-state index in [1.54, 1.807) is 19.4 Å². The zero-order chi connectivity index (χ0) is 18.2. The van der Waals surface area contributed by atoms with Crippen LogP contribution in [0.15, 0.2) is 41.4 Å². The Hall–Kier alpha value is -2.36. The van der Waals surface area contributed by atoms with Crippen molar-refractivity contribution in [2.45, 2.75) is 38.6 Å². The van der Waals surface area contributed by atoms with E-state index in [0.717, 1.165) is 12.1 Å². The first-order valence-electron chi connectivity index (χ1n) is 8.58. The first-order valence-corrected chi connectivity index (χ1v) is 8.58. The number of halogens is 1. The first kappa shape index (κ1) is 17.5. The van der Waals surface area contributed by atoms with Gasteiger partial charge in [0.15, 0.2) is 0 Å². The Balaban J connectivity index is 2.00. The molecule has 0 radical (unpaired) electrons. The maximum absolute atomic E-state index is 14.7. The summed E-state index contributed by atoms with van der Waals surface area (Å²) in [4.78, 5) is 6.60. The molecule has 25 heavy (non-hydrogen) atoms. The van der Waals surface area contributed by atoms with Crippen LogP contribution in [-0.2, 0) is 0 Å². The molecule has 1 unspecified atom stereocenters. The van der Waals surface area contributed by atoms with Gasteiger partial charge in [0.1, 0.15) is 17.3 Å². The molecule has 2 aromatic rings. The molecule has 0 saturated carbocycles. The maximum Gasteiger partial charge on any atom is 0.144 e. The van der Waals surface area contributed by atoms with Gasteiger partial charge in [0.05, 0.1) is 7.11 Å². The summed E-state index contributed by atoms with van der Waals surface area (Å²) in [5.41, 5.74) is 3.35. The van der Waals surface area contributed by atoms with Gasteiger partial charge in [-0.3, -0.25) is 4.99 Å². The molecular formula is C21H25FN2O. The van der Waals surface area contributed by atoms with E-state index in [2.05, 4.69) is 30.7 Å². The van der Waals surface area contributed by atoms with Crippen molar-refractivity contribution in [1.82, 2.24) is 0 Å². The topological polar surface area (TPSA) is 24.8 Å². The molecule has 1 aliphatic heterocycles. The van der Waals surface area contributed by atoms with E-state index in [0.29, 0.717) is 22.9 Å². The smallest absolute Gasteiger partial charge is 0.144 e. The number of anilines is 1. The van der Waals surface area contributed by atoms with E-state index in [9.17, 15) is 4.39 Å². The van der Waals surface area contributed by atoms with Crippen molar-refractivity contribution in [3.8, 4) is 5.75 Å². The minimum atomic E-state index is -0.255. The fraction of sp³-hybridized carbons (Fsp3) is 0.381. The second kappa shape index (κ2) is 6.51. The molecule has 3 rings (SSSR count). The third-order valence-electron chi connectivity index (χ3n) is 5.18. The Morgan fingerprint density at radius 3 is 2.72 bits per heavy atom. The lowest BCUT2D eigenvalue weighted by atomic mass is 9.80. The van der Waals surface area contributed by atoms with E-state index in [1.165, 1.54) is 5.56 Å². The van der Waals surface area contributed by atoms with Gasteiger partial charge in [0.25, 0.3) is 0 Å². The SMILES string of the molecule is COc1ccccc1N=Cc1cc2c(cc1F)N(C)C(C)(C)CC2C. The van der Waals surface area contributed by atoms with Gasteiger partial charge in [-0.1, -0.05) is 19.1 Å². The highest BCUT2D eigenvalue weighted by atomic mass is 19.1. The lowest BCUT2D eigenvalue weighted by Crippen LogP contribution is -2.45. The number of ether oxygens (including phenoxy) is 1. The van der Waals surface area contributed by atoms with Gasteiger partial charge in [-0.15, -0.1) is 0 Å². The molecule has 1 heterocycles. The summed E-state index contributed by atoms with van der Waals surface area (Å²) in [5, 5.41) is 0. The lowest BCUT2D eigenvalue weighted by Gasteiger charge is -2.45. The van der Waals surface area contributed by atoms with E-state index in [1.807, 2.05) is 37.4 Å². The van der Waals surface area contributed by atoms with Crippen LogP contribution in [0.5, 0.6) is 5.75 Å². The van der Waals surface area contributed by atoms with Crippen LogP contribution in [0.2, 0.25) is 0 Å². The second-order valence-electron chi connectivity index (χ2n) is 7.34. The van der Waals surface area contributed by atoms with Gasteiger partial charge >= 0.3 is 0 Å². The number of aliphatic imine (C=N–C) groups is 1. The fourth-order valence-electron chi connectivity index (χ4n) is 3.58. The largest absolute Gasteiger partial charge is 0.494 e. The van der Waals surface area contributed by atoms with Gasteiger partial charge < -0.3 is 9.64 Å².